The molecule has 0 amide bonds. The molecule has 0 aromatic carbocycles. The van der Waals surface area contributed by atoms with Gasteiger partial charge in [-0.2, -0.15) is 0 Å². The molecule has 5 heteroatoms. The Balaban J connectivity index is 1.90. The monoisotopic (exact) mass is 302 g/mol. The minimum atomic E-state index is -3.04. The highest BCUT2D eigenvalue weighted by atomic mass is 32.2. The largest absolute Gasteiger partial charge is 0.310 e. The highest BCUT2D eigenvalue weighted by molar-refractivity contribution is 7.88. The Morgan fingerprint density at radius 3 is 2.55 bits per heavy atom. The smallest absolute Gasteiger partial charge is 0.211 e. The lowest BCUT2D eigenvalue weighted by atomic mass is 9.70. The van der Waals surface area contributed by atoms with E-state index in [4.69, 9.17) is 0 Å². The van der Waals surface area contributed by atoms with Crippen molar-refractivity contribution >= 4 is 10.0 Å². The van der Waals surface area contributed by atoms with E-state index in [-0.39, 0.29) is 0 Å². The van der Waals surface area contributed by atoms with Crippen molar-refractivity contribution in [2.75, 3.05) is 19.3 Å². The number of rotatable bonds is 3. The number of nitrogens with one attached hydrogen (secondary N) is 1. The molecular weight excluding hydrogens is 272 g/mol. The summed E-state index contributed by atoms with van der Waals surface area (Å²) in [6.07, 6.45) is 7.12. The van der Waals surface area contributed by atoms with Crippen molar-refractivity contribution in [2.24, 2.45) is 11.3 Å². The number of hydrogen-bond acceptors (Lipinski definition) is 3. The van der Waals surface area contributed by atoms with Gasteiger partial charge >= 0.3 is 0 Å². The molecule has 0 bridgehead atoms. The Bertz CT molecular complexity index is 433. The summed E-state index contributed by atoms with van der Waals surface area (Å²) in [5, 5.41) is 3.74. The SMILES string of the molecule is C[C@@H]1CC(C)(C)CC[C@@H]1N[C@@H]1CCCN(S(C)(=O)=O)C1. The summed E-state index contributed by atoms with van der Waals surface area (Å²) in [7, 11) is -3.04. The van der Waals surface area contributed by atoms with Crippen molar-refractivity contribution in [1.29, 1.82) is 0 Å². The maximum Gasteiger partial charge on any atom is 0.211 e. The van der Waals surface area contributed by atoms with Gasteiger partial charge < -0.3 is 5.32 Å². The molecular formula is C15H30N2O2S. The van der Waals surface area contributed by atoms with Crippen LogP contribution in [0.4, 0.5) is 0 Å². The van der Waals surface area contributed by atoms with Crippen molar-refractivity contribution in [1.82, 2.24) is 9.62 Å². The van der Waals surface area contributed by atoms with Gasteiger partial charge in [-0.05, 0) is 43.4 Å². The molecule has 2 rings (SSSR count). The van der Waals surface area contributed by atoms with Crippen LogP contribution in [-0.4, -0.2) is 44.2 Å². The quantitative estimate of drug-likeness (QED) is 0.869. The molecule has 1 aliphatic heterocycles. The molecule has 4 nitrogen and oxygen atoms in total. The van der Waals surface area contributed by atoms with E-state index in [0.717, 1.165) is 12.8 Å². The van der Waals surface area contributed by atoms with Crippen LogP contribution in [0.3, 0.4) is 0 Å². The van der Waals surface area contributed by atoms with Gasteiger partial charge in [0.25, 0.3) is 0 Å². The average molecular weight is 302 g/mol. The van der Waals surface area contributed by atoms with Crippen LogP contribution in [0.2, 0.25) is 0 Å². The zero-order chi connectivity index (χ0) is 15.0. The normalized spacial score (nSPS) is 35.9. The van der Waals surface area contributed by atoms with Gasteiger partial charge in [0.1, 0.15) is 0 Å². The van der Waals surface area contributed by atoms with Gasteiger partial charge in [0.2, 0.25) is 10.0 Å². The van der Waals surface area contributed by atoms with Crippen LogP contribution in [0.5, 0.6) is 0 Å². The number of piperidine rings is 1. The molecule has 20 heavy (non-hydrogen) atoms. The van der Waals surface area contributed by atoms with E-state index in [9.17, 15) is 8.42 Å². The Morgan fingerprint density at radius 2 is 1.95 bits per heavy atom. The second kappa shape index (κ2) is 5.93. The lowest BCUT2D eigenvalue weighted by Crippen LogP contribution is -2.53. The third-order valence-electron chi connectivity index (χ3n) is 5.00. The van der Waals surface area contributed by atoms with Gasteiger partial charge in [0.05, 0.1) is 6.26 Å². The minimum Gasteiger partial charge on any atom is -0.310 e. The van der Waals surface area contributed by atoms with E-state index in [1.54, 1.807) is 4.31 Å². The van der Waals surface area contributed by atoms with E-state index in [1.165, 1.54) is 25.5 Å². The molecule has 118 valence electrons. The summed E-state index contributed by atoms with van der Waals surface area (Å²) in [6, 6.07) is 0.875. The lowest BCUT2D eigenvalue weighted by Gasteiger charge is -2.42. The molecule has 1 N–H and O–H groups in total. The first-order chi connectivity index (χ1) is 9.17. The molecule has 2 aliphatic rings. The van der Waals surface area contributed by atoms with E-state index >= 15 is 0 Å². The van der Waals surface area contributed by atoms with Crippen molar-refractivity contribution in [3.05, 3.63) is 0 Å². The van der Waals surface area contributed by atoms with Gasteiger partial charge in [-0.15, -0.1) is 0 Å². The minimum absolute atomic E-state index is 0.326. The maximum atomic E-state index is 11.7. The van der Waals surface area contributed by atoms with Crippen molar-refractivity contribution in [2.45, 2.75) is 65.0 Å². The Morgan fingerprint density at radius 1 is 1.25 bits per heavy atom. The van der Waals surface area contributed by atoms with Crippen LogP contribution < -0.4 is 5.32 Å². The number of nitrogens with zero attached hydrogens (tertiary/aromatic N) is 1. The standard InChI is InChI=1S/C15H30N2O2S/c1-12-10-15(2,3)8-7-14(12)16-13-6-5-9-17(11-13)20(4,18)19/h12-14,16H,5-11H2,1-4H3/t12-,13-,14+/m1/s1. The van der Waals surface area contributed by atoms with Crippen LogP contribution in [0, 0.1) is 11.3 Å². The first-order valence-corrected chi connectivity index (χ1v) is 9.73. The van der Waals surface area contributed by atoms with E-state index in [2.05, 4.69) is 26.1 Å². The van der Waals surface area contributed by atoms with Gasteiger partial charge in [0, 0.05) is 25.2 Å². The van der Waals surface area contributed by atoms with E-state index < -0.39 is 10.0 Å². The fraction of sp³-hybridized carbons (Fsp3) is 1.00. The second-order valence-electron chi connectivity index (χ2n) is 7.62. The van der Waals surface area contributed by atoms with Gasteiger partial charge in [0.15, 0.2) is 0 Å². The van der Waals surface area contributed by atoms with Gasteiger partial charge in [-0.3, -0.25) is 0 Å². The van der Waals surface area contributed by atoms with Gasteiger partial charge in [-0.25, -0.2) is 12.7 Å². The molecule has 0 spiro atoms. The lowest BCUT2D eigenvalue weighted by molar-refractivity contribution is 0.132. The molecule has 3 atom stereocenters. The average Bonchev–Trinajstić information content (AvgIpc) is 2.32. The zero-order valence-corrected chi connectivity index (χ0v) is 14.2. The van der Waals surface area contributed by atoms with Gasteiger partial charge in [-0.1, -0.05) is 20.8 Å². The Hall–Kier alpha value is -0.130. The predicted octanol–water partition coefficient (Wildman–Crippen LogP) is 2.21. The van der Waals surface area contributed by atoms with Crippen molar-refractivity contribution in [3.8, 4) is 0 Å². The molecule has 0 aromatic rings. The summed E-state index contributed by atoms with van der Waals surface area (Å²) in [4.78, 5) is 0. The molecule has 2 fully saturated rings. The molecule has 0 radical (unpaired) electrons. The summed E-state index contributed by atoms with van der Waals surface area (Å²) in [5.41, 5.74) is 0.461. The Labute approximate surface area is 124 Å². The topological polar surface area (TPSA) is 49.4 Å². The third kappa shape index (κ3) is 4.18. The summed E-state index contributed by atoms with van der Waals surface area (Å²) in [6.45, 7) is 8.36. The zero-order valence-electron chi connectivity index (χ0n) is 13.4. The fourth-order valence-electron chi connectivity index (χ4n) is 3.88. The van der Waals surface area contributed by atoms with Crippen LogP contribution >= 0.6 is 0 Å². The van der Waals surface area contributed by atoms with E-state index in [0.29, 0.717) is 36.5 Å². The fourth-order valence-corrected chi connectivity index (χ4v) is 4.79. The van der Waals surface area contributed by atoms with Crippen LogP contribution in [0.15, 0.2) is 0 Å². The van der Waals surface area contributed by atoms with Crippen LogP contribution in [0.25, 0.3) is 0 Å². The molecule has 1 saturated heterocycles. The predicted molar refractivity (Wildman–Crippen MR) is 83.2 cm³/mol. The first-order valence-electron chi connectivity index (χ1n) is 7.88. The second-order valence-corrected chi connectivity index (χ2v) is 9.60. The summed E-state index contributed by atoms with van der Waals surface area (Å²) < 4.78 is 25.0. The molecule has 1 saturated carbocycles. The third-order valence-corrected chi connectivity index (χ3v) is 6.27. The number of sulfonamides is 1. The number of hydrogen-bond donors (Lipinski definition) is 1. The van der Waals surface area contributed by atoms with Crippen molar-refractivity contribution in [3.63, 3.8) is 0 Å². The maximum absolute atomic E-state index is 11.7. The van der Waals surface area contributed by atoms with E-state index in [1.807, 2.05) is 0 Å². The molecule has 1 heterocycles. The highest BCUT2D eigenvalue weighted by Gasteiger charge is 2.34. The molecule has 0 aromatic heterocycles. The first kappa shape index (κ1) is 16.2. The summed E-state index contributed by atoms with van der Waals surface area (Å²) >= 11 is 0. The van der Waals surface area contributed by atoms with Crippen LogP contribution in [0.1, 0.15) is 52.9 Å². The van der Waals surface area contributed by atoms with Crippen molar-refractivity contribution < 1.29 is 8.42 Å². The molecule has 1 aliphatic carbocycles. The highest BCUT2D eigenvalue weighted by Crippen LogP contribution is 2.38. The van der Waals surface area contributed by atoms with Crippen LogP contribution in [-0.2, 0) is 10.0 Å². The summed E-state index contributed by atoms with van der Waals surface area (Å²) in [5.74, 6) is 0.673. The molecule has 0 unspecified atom stereocenters. The Kier molecular flexibility index (Phi) is 4.82.